The van der Waals surface area contributed by atoms with Crippen molar-refractivity contribution in [3.05, 3.63) is 35.9 Å². The summed E-state index contributed by atoms with van der Waals surface area (Å²) in [5.41, 5.74) is 0.595. The third-order valence-electron chi connectivity index (χ3n) is 2.55. The predicted molar refractivity (Wildman–Crippen MR) is 74.7 cm³/mol. The number of nitrogens with one attached hydrogen (secondary N) is 1. The molecule has 1 amide bonds. The van der Waals surface area contributed by atoms with Gasteiger partial charge in [0, 0.05) is 12.1 Å². The Balaban J connectivity index is 2.22. The van der Waals surface area contributed by atoms with Crippen LogP contribution in [0.1, 0.15) is 29.6 Å². The van der Waals surface area contributed by atoms with E-state index in [1.54, 1.807) is 24.3 Å². The number of carboxylic acids is 1. The summed E-state index contributed by atoms with van der Waals surface area (Å²) in [7, 11) is 0. The first-order valence-electron chi connectivity index (χ1n) is 5.88. The summed E-state index contributed by atoms with van der Waals surface area (Å²) in [6, 6.07) is 8.86. The van der Waals surface area contributed by atoms with Gasteiger partial charge in [-0.2, -0.15) is 0 Å². The molecule has 1 rings (SSSR count). The Bertz CT molecular complexity index is 435. The van der Waals surface area contributed by atoms with Crippen molar-refractivity contribution in [2.24, 2.45) is 0 Å². The molecule has 4 nitrogen and oxygen atoms in total. The van der Waals surface area contributed by atoms with Crippen LogP contribution < -0.4 is 5.32 Å². The van der Waals surface area contributed by atoms with E-state index in [0.717, 1.165) is 0 Å². The molecule has 104 valence electrons. The predicted octanol–water partition coefficient (Wildman–Crippen LogP) is 2.85. The van der Waals surface area contributed by atoms with Crippen molar-refractivity contribution in [2.75, 3.05) is 6.54 Å². The molecule has 0 aromatic heterocycles. The number of unbranched alkanes of at least 4 members (excludes halogenated alkanes) is 1. The lowest BCUT2D eigenvalue weighted by Crippen LogP contribution is -2.27. The highest BCUT2D eigenvalue weighted by molar-refractivity contribution is 6.57. The largest absolute Gasteiger partial charge is 0.479 e. The van der Waals surface area contributed by atoms with Crippen molar-refractivity contribution < 1.29 is 14.7 Å². The Labute approximate surface area is 121 Å². The van der Waals surface area contributed by atoms with Crippen molar-refractivity contribution in [1.29, 1.82) is 0 Å². The zero-order chi connectivity index (χ0) is 14.3. The molecule has 0 heterocycles. The van der Waals surface area contributed by atoms with Crippen molar-refractivity contribution in [1.82, 2.24) is 5.32 Å². The van der Waals surface area contributed by atoms with Crippen LogP contribution in [0.4, 0.5) is 0 Å². The monoisotopic (exact) mass is 303 g/mol. The number of carbonyl (C=O) groups excluding carboxylic acids is 1. The minimum atomic E-state index is -1.75. The van der Waals surface area contributed by atoms with E-state index < -0.39 is 10.3 Å². The van der Waals surface area contributed by atoms with E-state index in [1.165, 1.54) is 0 Å². The number of alkyl halides is 2. The fourth-order valence-corrected chi connectivity index (χ4v) is 1.74. The Hall–Kier alpha value is -1.26. The quantitative estimate of drug-likeness (QED) is 0.601. The molecule has 1 aromatic carbocycles. The van der Waals surface area contributed by atoms with Crippen LogP contribution in [0.15, 0.2) is 30.3 Å². The van der Waals surface area contributed by atoms with Gasteiger partial charge in [-0.1, -0.05) is 41.4 Å². The van der Waals surface area contributed by atoms with Gasteiger partial charge >= 0.3 is 5.97 Å². The van der Waals surface area contributed by atoms with Crippen LogP contribution in [-0.2, 0) is 4.79 Å². The van der Waals surface area contributed by atoms with Crippen LogP contribution in [0.25, 0.3) is 0 Å². The minimum absolute atomic E-state index is 0.145. The fourth-order valence-electron chi connectivity index (χ4n) is 1.47. The second-order valence-electron chi connectivity index (χ2n) is 4.09. The van der Waals surface area contributed by atoms with E-state index in [2.05, 4.69) is 5.32 Å². The maximum atomic E-state index is 11.7. The first-order valence-corrected chi connectivity index (χ1v) is 6.63. The maximum absolute atomic E-state index is 11.7. The van der Waals surface area contributed by atoms with Gasteiger partial charge in [0.1, 0.15) is 0 Å². The SMILES string of the molecule is O=C(NCCCCC(Cl)(Cl)C(=O)O)c1ccccc1. The number of halogens is 2. The molecule has 1 aromatic rings. The molecule has 0 unspecified atom stereocenters. The number of rotatable bonds is 7. The number of benzene rings is 1. The zero-order valence-electron chi connectivity index (χ0n) is 10.2. The maximum Gasteiger partial charge on any atom is 0.340 e. The minimum Gasteiger partial charge on any atom is -0.479 e. The normalized spacial score (nSPS) is 11.1. The summed E-state index contributed by atoms with van der Waals surface area (Å²) < 4.78 is -1.75. The van der Waals surface area contributed by atoms with Crippen LogP contribution >= 0.6 is 23.2 Å². The van der Waals surface area contributed by atoms with E-state index >= 15 is 0 Å². The Morgan fingerprint density at radius 3 is 2.37 bits per heavy atom. The van der Waals surface area contributed by atoms with E-state index in [0.29, 0.717) is 24.9 Å². The summed E-state index contributed by atoms with van der Waals surface area (Å²) in [5.74, 6) is -1.40. The summed E-state index contributed by atoms with van der Waals surface area (Å²) in [4.78, 5) is 22.3. The highest BCUT2D eigenvalue weighted by Crippen LogP contribution is 2.27. The molecule has 0 saturated carbocycles. The van der Waals surface area contributed by atoms with Crippen molar-refractivity contribution in [3.63, 3.8) is 0 Å². The van der Waals surface area contributed by atoms with Crippen molar-refractivity contribution in [2.45, 2.75) is 23.6 Å². The van der Waals surface area contributed by atoms with Gasteiger partial charge in [-0.05, 0) is 31.4 Å². The van der Waals surface area contributed by atoms with Gasteiger partial charge in [0.15, 0.2) is 0 Å². The summed E-state index contributed by atoms with van der Waals surface area (Å²) in [5, 5.41) is 11.4. The first-order chi connectivity index (χ1) is 8.93. The van der Waals surface area contributed by atoms with E-state index in [1.807, 2.05) is 6.07 Å². The molecule has 0 saturated heterocycles. The summed E-state index contributed by atoms with van der Waals surface area (Å²) >= 11 is 11.2. The number of amides is 1. The highest BCUT2D eigenvalue weighted by atomic mass is 35.5. The molecule has 0 bridgehead atoms. The molecule has 0 spiro atoms. The Morgan fingerprint density at radius 1 is 1.16 bits per heavy atom. The molecular weight excluding hydrogens is 289 g/mol. The average molecular weight is 304 g/mol. The third kappa shape index (κ3) is 5.49. The lowest BCUT2D eigenvalue weighted by Gasteiger charge is -2.13. The van der Waals surface area contributed by atoms with Gasteiger partial charge in [-0.25, -0.2) is 4.79 Å². The van der Waals surface area contributed by atoms with E-state index in [-0.39, 0.29) is 12.3 Å². The van der Waals surface area contributed by atoms with Crippen LogP contribution in [0.3, 0.4) is 0 Å². The van der Waals surface area contributed by atoms with Gasteiger partial charge in [-0.15, -0.1) is 0 Å². The topological polar surface area (TPSA) is 66.4 Å². The smallest absolute Gasteiger partial charge is 0.340 e. The van der Waals surface area contributed by atoms with E-state index in [4.69, 9.17) is 28.3 Å². The van der Waals surface area contributed by atoms with Gasteiger partial charge in [0.05, 0.1) is 0 Å². The number of hydrogen-bond donors (Lipinski definition) is 2. The molecule has 0 radical (unpaired) electrons. The van der Waals surface area contributed by atoms with Crippen molar-refractivity contribution in [3.8, 4) is 0 Å². The van der Waals surface area contributed by atoms with E-state index in [9.17, 15) is 9.59 Å². The molecule has 0 aliphatic heterocycles. The molecule has 6 heteroatoms. The third-order valence-corrected chi connectivity index (χ3v) is 3.25. The van der Waals surface area contributed by atoms with Gasteiger partial charge < -0.3 is 10.4 Å². The molecule has 19 heavy (non-hydrogen) atoms. The molecule has 2 N–H and O–H groups in total. The number of hydrogen-bond acceptors (Lipinski definition) is 2. The molecule has 0 atom stereocenters. The molecule has 0 aliphatic rings. The molecular formula is C13H15Cl2NO3. The number of carbonyl (C=O) groups is 2. The second kappa shape index (κ2) is 7.36. The highest BCUT2D eigenvalue weighted by Gasteiger charge is 2.32. The lowest BCUT2D eigenvalue weighted by atomic mass is 10.1. The average Bonchev–Trinajstić information content (AvgIpc) is 2.38. The molecule has 0 aliphatic carbocycles. The first kappa shape index (κ1) is 15.8. The fraction of sp³-hybridized carbons (Fsp3) is 0.385. The van der Waals surface area contributed by atoms with Crippen LogP contribution in [0, 0.1) is 0 Å². The zero-order valence-corrected chi connectivity index (χ0v) is 11.7. The molecule has 0 fully saturated rings. The second-order valence-corrected chi connectivity index (χ2v) is 5.57. The van der Waals surface area contributed by atoms with Crippen molar-refractivity contribution >= 4 is 35.1 Å². The standard InChI is InChI=1S/C13H15Cl2NO3/c14-13(15,12(18)19)8-4-5-9-16-11(17)10-6-2-1-3-7-10/h1-3,6-7H,4-5,8-9H2,(H,16,17)(H,18,19). The Morgan fingerprint density at radius 2 is 1.79 bits per heavy atom. The summed E-state index contributed by atoms with van der Waals surface area (Å²) in [6.07, 6.45) is 1.29. The van der Waals surface area contributed by atoms with Crippen LogP contribution in [0.5, 0.6) is 0 Å². The Kier molecular flexibility index (Phi) is 6.12. The van der Waals surface area contributed by atoms with Gasteiger partial charge in [-0.3, -0.25) is 4.79 Å². The number of carboxylic acid groups (broad SMARTS) is 1. The number of aliphatic carboxylic acids is 1. The van der Waals surface area contributed by atoms with Crippen LogP contribution in [0.2, 0.25) is 0 Å². The lowest BCUT2D eigenvalue weighted by molar-refractivity contribution is -0.138. The van der Waals surface area contributed by atoms with Gasteiger partial charge in [0.25, 0.3) is 5.91 Å². The summed E-state index contributed by atoms with van der Waals surface area (Å²) in [6.45, 7) is 0.456. The van der Waals surface area contributed by atoms with Crippen LogP contribution in [-0.4, -0.2) is 27.9 Å². The van der Waals surface area contributed by atoms with Gasteiger partial charge in [0.2, 0.25) is 4.33 Å².